The number of halogens is 4. The van der Waals surface area contributed by atoms with Crippen LogP contribution in [0.25, 0.3) is 0 Å². The number of sulfonamides is 1. The quantitative estimate of drug-likeness (QED) is 0.328. The first-order valence-electron chi connectivity index (χ1n) is 12.7. The average Bonchev–Trinajstić information content (AvgIpc) is 2.86. The SMILES string of the molecule is CC[C@@H](C)NC(=O)[C@@H](CC)N(Cc1ccc(Cl)cc1)C(=O)CCCN(c1cccc(C(F)(F)F)c1)S(C)(=O)=O. The second-order valence-electron chi connectivity index (χ2n) is 9.38. The van der Waals surface area contributed by atoms with E-state index in [0.29, 0.717) is 17.9 Å². The van der Waals surface area contributed by atoms with Crippen LogP contribution < -0.4 is 9.62 Å². The summed E-state index contributed by atoms with van der Waals surface area (Å²) >= 11 is 5.98. The van der Waals surface area contributed by atoms with Crippen LogP contribution in [0.3, 0.4) is 0 Å². The zero-order valence-corrected chi connectivity index (χ0v) is 24.0. The predicted octanol–water partition coefficient (Wildman–Crippen LogP) is 5.63. The van der Waals surface area contributed by atoms with Gasteiger partial charge in [-0.2, -0.15) is 13.2 Å². The van der Waals surface area contributed by atoms with E-state index in [0.717, 1.165) is 34.3 Å². The van der Waals surface area contributed by atoms with E-state index in [1.54, 1.807) is 31.2 Å². The highest BCUT2D eigenvalue weighted by molar-refractivity contribution is 7.92. The van der Waals surface area contributed by atoms with Crippen molar-refractivity contribution in [1.82, 2.24) is 10.2 Å². The van der Waals surface area contributed by atoms with Crippen molar-refractivity contribution in [3.8, 4) is 0 Å². The topological polar surface area (TPSA) is 86.8 Å². The molecule has 7 nitrogen and oxygen atoms in total. The third-order valence-corrected chi connectivity index (χ3v) is 7.71. The first kappa shape index (κ1) is 32.4. The molecule has 0 aromatic heterocycles. The highest BCUT2D eigenvalue weighted by Gasteiger charge is 2.32. The van der Waals surface area contributed by atoms with Crippen LogP contribution in [0.2, 0.25) is 5.02 Å². The summed E-state index contributed by atoms with van der Waals surface area (Å²) in [7, 11) is -3.94. The Hall–Kier alpha value is -2.79. The molecular weight excluding hydrogens is 555 g/mol. The Morgan fingerprint density at radius 2 is 1.69 bits per heavy atom. The van der Waals surface area contributed by atoms with Crippen molar-refractivity contribution < 1.29 is 31.2 Å². The summed E-state index contributed by atoms with van der Waals surface area (Å²) in [5.41, 5.74) is -0.363. The number of rotatable bonds is 13. The van der Waals surface area contributed by atoms with Gasteiger partial charge in [-0.05, 0) is 62.1 Å². The fourth-order valence-corrected chi connectivity index (χ4v) is 5.07. The Balaban J connectivity index is 2.26. The molecule has 0 spiro atoms. The monoisotopic (exact) mass is 589 g/mol. The zero-order chi connectivity index (χ0) is 29.4. The van der Waals surface area contributed by atoms with Gasteiger partial charge in [0.15, 0.2) is 0 Å². The van der Waals surface area contributed by atoms with Gasteiger partial charge in [0, 0.05) is 30.6 Å². The van der Waals surface area contributed by atoms with E-state index in [-0.39, 0.29) is 49.5 Å². The van der Waals surface area contributed by atoms with Crippen LogP contribution >= 0.6 is 11.6 Å². The molecule has 0 unspecified atom stereocenters. The smallest absolute Gasteiger partial charge is 0.352 e. The number of carbonyl (C=O) groups is 2. The van der Waals surface area contributed by atoms with E-state index in [2.05, 4.69) is 5.32 Å². The summed E-state index contributed by atoms with van der Waals surface area (Å²) in [5.74, 6) is -0.676. The minimum Gasteiger partial charge on any atom is -0.352 e. The van der Waals surface area contributed by atoms with Crippen LogP contribution in [0.4, 0.5) is 18.9 Å². The molecule has 0 aliphatic carbocycles. The number of amides is 2. The molecule has 216 valence electrons. The highest BCUT2D eigenvalue weighted by atomic mass is 35.5. The molecule has 0 radical (unpaired) electrons. The second kappa shape index (κ2) is 14.0. The van der Waals surface area contributed by atoms with Gasteiger partial charge in [-0.25, -0.2) is 8.42 Å². The molecule has 0 fully saturated rings. The molecule has 0 saturated carbocycles. The maximum absolute atomic E-state index is 13.4. The number of alkyl halides is 3. The van der Waals surface area contributed by atoms with Crippen molar-refractivity contribution in [3.63, 3.8) is 0 Å². The summed E-state index contributed by atoms with van der Waals surface area (Å²) in [4.78, 5) is 27.9. The number of nitrogens with zero attached hydrogens (tertiary/aromatic N) is 2. The molecular formula is C27H35ClF3N3O4S. The largest absolute Gasteiger partial charge is 0.416 e. The van der Waals surface area contributed by atoms with Crippen LogP contribution in [0.5, 0.6) is 0 Å². The molecule has 0 heterocycles. The van der Waals surface area contributed by atoms with Gasteiger partial charge in [-0.1, -0.05) is 43.6 Å². The number of hydrogen-bond acceptors (Lipinski definition) is 4. The van der Waals surface area contributed by atoms with Crippen LogP contribution in [0, 0.1) is 0 Å². The standard InChI is InChI=1S/C27H35ClF3N3O4S/c1-5-19(3)32-26(36)24(6-2)33(18-20-12-14-22(28)15-13-20)25(35)11-8-16-34(39(4,37)38)23-10-7-9-21(17-23)27(29,30)31/h7,9-10,12-15,17,19,24H,5-6,8,11,16,18H2,1-4H3,(H,32,36)/t19-,24-/m1/s1. The molecule has 1 N–H and O–H groups in total. The molecule has 0 bridgehead atoms. The van der Waals surface area contributed by atoms with Gasteiger partial charge in [-0.3, -0.25) is 13.9 Å². The summed E-state index contributed by atoms with van der Waals surface area (Å²) in [5, 5.41) is 3.43. The fourth-order valence-electron chi connectivity index (χ4n) is 3.99. The first-order valence-corrected chi connectivity index (χ1v) is 14.9. The zero-order valence-electron chi connectivity index (χ0n) is 22.5. The number of carbonyl (C=O) groups excluding carboxylic acids is 2. The fraction of sp³-hybridized carbons (Fsp3) is 0.481. The number of anilines is 1. The van der Waals surface area contributed by atoms with Gasteiger partial charge in [0.25, 0.3) is 0 Å². The Morgan fingerprint density at radius 1 is 1.05 bits per heavy atom. The van der Waals surface area contributed by atoms with Gasteiger partial charge in [0.1, 0.15) is 6.04 Å². The molecule has 0 aliphatic heterocycles. The molecule has 2 rings (SSSR count). The molecule has 2 atom stereocenters. The lowest BCUT2D eigenvalue weighted by atomic mass is 10.1. The minimum atomic E-state index is -4.64. The van der Waals surface area contributed by atoms with Gasteiger partial charge in [-0.15, -0.1) is 0 Å². The average molecular weight is 590 g/mol. The Morgan fingerprint density at radius 3 is 2.23 bits per heavy atom. The number of nitrogens with one attached hydrogen (secondary N) is 1. The maximum atomic E-state index is 13.4. The van der Waals surface area contributed by atoms with Crippen molar-refractivity contribution in [2.75, 3.05) is 17.1 Å². The molecule has 2 amide bonds. The van der Waals surface area contributed by atoms with Crippen LogP contribution in [0.15, 0.2) is 48.5 Å². The van der Waals surface area contributed by atoms with E-state index < -0.39 is 27.8 Å². The normalized spacial score (nSPS) is 13.4. The van der Waals surface area contributed by atoms with Crippen molar-refractivity contribution in [3.05, 3.63) is 64.7 Å². The molecule has 2 aromatic rings. The molecule has 0 saturated heterocycles. The minimum absolute atomic E-state index is 0.0304. The molecule has 39 heavy (non-hydrogen) atoms. The molecule has 0 aliphatic rings. The summed E-state index contributed by atoms with van der Waals surface area (Å²) in [6, 6.07) is 10.0. The first-order chi connectivity index (χ1) is 18.2. The molecule has 2 aromatic carbocycles. The highest BCUT2D eigenvalue weighted by Crippen LogP contribution is 2.32. The maximum Gasteiger partial charge on any atom is 0.416 e. The van der Waals surface area contributed by atoms with E-state index in [1.165, 1.54) is 11.0 Å². The third-order valence-electron chi connectivity index (χ3n) is 6.27. The van der Waals surface area contributed by atoms with Crippen LogP contribution in [-0.2, 0) is 32.3 Å². The van der Waals surface area contributed by atoms with E-state index in [9.17, 15) is 31.2 Å². The number of benzene rings is 2. The van der Waals surface area contributed by atoms with Gasteiger partial charge in [0.05, 0.1) is 17.5 Å². The van der Waals surface area contributed by atoms with Crippen LogP contribution in [0.1, 0.15) is 57.6 Å². The van der Waals surface area contributed by atoms with Crippen LogP contribution in [-0.4, -0.2) is 50.0 Å². The Kier molecular flexibility index (Phi) is 11.7. The van der Waals surface area contributed by atoms with Gasteiger partial charge >= 0.3 is 6.18 Å². The summed E-state index contributed by atoms with van der Waals surface area (Å²) < 4.78 is 65.3. The second-order valence-corrected chi connectivity index (χ2v) is 11.7. The third kappa shape index (κ3) is 9.72. The predicted molar refractivity (Wildman–Crippen MR) is 147 cm³/mol. The summed E-state index contributed by atoms with van der Waals surface area (Å²) in [6.45, 7) is 5.51. The van der Waals surface area contributed by atoms with E-state index >= 15 is 0 Å². The lowest BCUT2D eigenvalue weighted by Gasteiger charge is -2.32. The Labute approximate surface area is 233 Å². The number of hydrogen-bond donors (Lipinski definition) is 1. The van der Waals surface area contributed by atoms with Crippen molar-refractivity contribution >= 4 is 39.1 Å². The lowest BCUT2D eigenvalue weighted by Crippen LogP contribution is -2.50. The van der Waals surface area contributed by atoms with Crippen molar-refractivity contribution in [2.24, 2.45) is 0 Å². The van der Waals surface area contributed by atoms with Crippen molar-refractivity contribution in [2.45, 2.75) is 71.3 Å². The van der Waals surface area contributed by atoms with Crippen molar-refractivity contribution in [1.29, 1.82) is 0 Å². The van der Waals surface area contributed by atoms with Gasteiger partial charge < -0.3 is 10.2 Å². The Bertz CT molecular complexity index is 1220. The summed E-state index contributed by atoms with van der Waals surface area (Å²) in [6.07, 6.45) is -2.77. The molecule has 12 heteroatoms. The van der Waals surface area contributed by atoms with E-state index in [1.807, 2.05) is 13.8 Å². The lowest BCUT2D eigenvalue weighted by molar-refractivity contribution is -0.141. The van der Waals surface area contributed by atoms with Gasteiger partial charge in [0.2, 0.25) is 21.8 Å². The van der Waals surface area contributed by atoms with E-state index in [4.69, 9.17) is 11.6 Å².